The average molecular weight is 238 g/mol. The van der Waals surface area contributed by atoms with Crippen LogP contribution in [-0.2, 0) is 9.53 Å². The normalized spacial score (nSPS) is 9.53. The molecule has 0 heterocycles. The van der Waals surface area contributed by atoms with E-state index in [-0.39, 0.29) is 5.97 Å². The van der Waals surface area contributed by atoms with E-state index in [0.29, 0.717) is 19.4 Å². The van der Waals surface area contributed by atoms with E-state index < -0.39 is 0 Å². The zero-order valence-electron chi connectivity index (χ0n) is 11.4. The molecule has 0 fully saturated rings. The van der Waals surface area contributed by atoms with Gasteiger partial charge in [-0.15, -0.1) is 5.92 Å². The molecule has 0 aliphatic carbocycles. The van der Waals surface area contributed by atoms with E-state index in [0.717, 1.165) is 25.7 Å². The minimum absolute atomic E-state index is 0.0776. The second kappa shape index (κ2) is 13.1. The molecule has 0 unspecified atom stereocenters. The summed E-state index contributed by atoms with van der Waals surface area (Å²) in [5.74, 6) is 6.07. The van der Waals surface area contributed by atoms with Gasteiger partial charge >= 0.3 is 5.97 Å². The molecule has 2 nitrogen and oxygen atoms in total. The van der Waals surface area contributed by atoms with Crippen molar-refractivity contribution in [2.24, 2.45) is 0 Å². The van der Waals surface area contributed by atoms with Gasteiger partial charge in [-0.05, 0) is 12.8 Å². The topological polar surface area (TPSA) is 26.3 Å². The van der Waals surface area contributed by atoms with Crippen LogP contribution in [0.4, 0.5) is 0 Å². The summed E-state index contributed by atoms with van der Waals surface area (Å²) < 4.78 is 5.07. The van der Waals surface area contributed by atoms with Gasteiger partial charge in [0.05, 0.1) is 0 Å². The molecule has 0 amide bonds. The summed E-state index contributed by atoms with van der Waals surface area (Å²) in [6.45, 7) is 4.76. The summed E-state index contributed by atoms with van der Waals surface area (Å²) in [5.41, 5.74) is 0. The third-order valence-electron chi connectivity index (χ3n) is 2.50. The summed E-state index contributed by atoms with van der Waals surface area (Å²) >= 11 is 0. The van der Waals surface area contributed by atoms with Crippen molar-refractivity contribution >= 4 is 5.97 Å². The first kappa shape index (κ1) is 16.0. The fraction of sp³-hybridized carbons (Fsp3) is 0.800. The van der Waals surface area contributed by atoms with Crippen molar-refractivity contribution in [2.45, 2.75) is 71.6 Å². The van der Waals surface area contributed by atoms with Crippen molar-refractivity contribution in [3.63, 3.8) is 0 Å². The molecule has 0 saturated carbocycles. The molecule has 17 heavy (non-hydrogen) atoms. The molecule has 0 aromatic carbocycles. The van der Waals surface area contributed by atoms with Crippen molar-refractivity contribution in [3.8, 4) is 11.8 Å². The van der Waals surface area contributed by atoms with Crippen LogP contribution in [0, 0.1) is 11.8 Å². The Hall–Kier alpha value is -0.970. The van der Waals surface area contributed by atoms with Gasteiger partial charge in [-0.2, -0.15) is 0 Å². The lowest BCUT2D eigenvalue weighted by atomic mass is 10.2. The van der Waals surface area contributed by atoms with Gasteiger partial charge < -0.3 is 4.74 Å². The van der Waals surface area contributed by atoms with Crippen molar-refractivity contribution < 1.29 is 9.53 Å². The van der Waals surface area contributed by atoms with E-state index >= 15 is 0 Å². The van der Waals surface area contributed by atoms with Crippen LogP contribution in [0.1, 0.15) is 71.6 Å². The Labute approximate surface area is 106 Å². The van der Waals surface area contributed by atoms with E-state index in [1.807, 2.05) is 0 Å². The van der Waals surface area contributed by atoms with Gasteiger partial charge in [0.2, 0.25) is 0 Å². The van der Waals surface area contributed by atoms with E-state index in [9.17, 15) is 4.79 Å². The Morgan fingerprint density at radius 1 is 0.941 bits per heavy atom. The first-order chi connectivity index (χ1) is 8.31. The molecule has 0 radical (unpaired) electrons. The summed E-state index contributed by atoms with van der Waals surface area (Å²) in [6, 6.07) is 0. The van der Waals surface area contributed by atoms with E-state index in [1.54, 1.807) is 0 Å². The predicted molar refractivity (Wildman–Crippen MR) is 71.6 cm³/mol. The fourth-order valence-corrected chi connectivity index (χ4v) is 1.45. The van der Waals surface area contributed by atoms with Gasteiger partial charge in [-0.25, -0.2) is 0 Å². The molecule has 2 heteroatoms. The lowest BCUT2D eigenvalue weighted by Gasteiger charge is -2.01. The van der Waals surface area contributed by atoms with E-state index in [1.165, 1.54) is 19.3 Å². The Kier molecular flexibility index (Phi) is 12.3. The predicted octanol–water partition coefficient (Wildman–Crippen LogP) is 4.08. The lowest BCUT2D eigenvalue weighted by Crippen LogP contribution is -2.04. The highest BCUT2D eigenvalue weighted by molar-refractivity contribution is 5.69. The molecule has 0 N–H and O–H groups in total. The first-order valence-corrected chi connectivity index (χ1v) is 6.92. The van der Waals surface area contributed by atoms with Gasteiger partial charge in [-0.1, -0.05) is 45.5 Å². The highest BCUT2D eigenvalue weighted by Gasteiger charge is 2.00. The number of esters is 1. The summed E-state index contributed by atoms with van der Waals surface area (Å²) in [7, 11) is 0. The van der Waals surface area contributed by atoms with Crippen molar-refractivity contribution in [1.82, 2.24) is 0 Å². The maximum Gasteiger partial charge on any atom is 0.305 e. The lowest BCUT2D eigenvalue weighted by molar-refractivity contribution is -0.143. The van der Waals surface area contributed by atoms with Crippen LogP contribution >= 0.6 is 0 Å². The Morgan fingerprint density at radius 3 is 2.29 bits per heavy atom. The van der Waals surface area contributed by atoms with Crippen LogP contribution in [-0.4, -0.2) is 12.6 Å². The number of hydrogen-bond acceptors (Lipinski definition) is 2. The number of rotatable bonds is 9. The van der Waals surface area contributed by atoms with Crippen LogP contribution in [0.15, 0.2) is 0 Å². The molecule has 0 bridgehead atoms. The summed E-state index contributed by atoms with van der Waals surface area (Å²) in [6.07, 6.45) is 9.04. The molecule has 0 atom stereocenters. The van der Waals surface area contributed by atoms with E-state index in [2.05, 4.69) is 25.7 Å². The van der Waals surface area contributed by atoms with Crippen LogP contribution in [0.2, 0.25) is 0 Å². The van der Waals surface area contributed by atoms with Gasteiger partial charge in [0.25, 0.3) is 0 Å². The highest BCUT2D eigenvalue weighted by Crippen LogP contribution is 2.00. The van der Waals surface area contributed by atoms with E-state index in [4.69, 9.17) is 4.74 Å². The van der Waals surface area contributed by atoms with Crippen LogP contribution in [0.3, 0.4) is 0 Å². The number of ether oxygens (including phenoxy) is 1. The molecule has 98 valence electrons. The van der Waals surface area contributed by atoms with Crippen LogP contribution < -0.4 is 0 Å². The SMILES string of the molecule is CCCCCC#CCCOC(=O)CCCCC. The monoisotopic (exact) mass is 238 g/mol. The Morgan fingerprint density at radius 2 is 1.59 bits per heavy atom. The number of unbranched alkanes of at least 4 members (excludes halogenated alkanes) is 5. The van der Waals surface area contributed by atoms with Gasteiger partial charge in [0.1, 0.15) is 6.61 Å². The molecule has 0 aromatic heterocycles. The zero-order chi connectivity index (χ0) is 12.8. The van der Waals surface area contributed by atoms with Crippen molar-refractivity contribution in [3.05, 3.63) is 0 Å². The molecular formula is C15H26O2. The smallest absolute Gasteiger partial charge is 0.305 e. The molecule has 0 aliphatic rings. The summed E-state index contributed by atoms with van der Waals surface area (Å²) in [5, 5.41) is 0. The Bertz CT molecular complexity index is 235. The standard InChI is InChI=1S/C15H26O2/c1-3-5-7-8-9-10-12-14-17-15(16)13-11-6-4-2/h3-8,11-14H2,1-2H3. The van der Waals surface area contributed by atoms with Crippen molar-refractivity contribution in [2.75, 3.05) is 6.61 Å². The molecule has 0 spiro atoms. The van der Waals surface area contributed by atoms with Crippen molar-refractivity contribution in [1.29, 1.82) is 0 Å². The van der Waals surface area contributed by atoms with Gasteiger partial charge in [-0.3, -0.25) is 4.79 Å². The molecule has 0 saturated heterocycles. The highest BCUT2D eigenvalue weighted by atomic mass is 16.5. The molecule has 0 aromatic rings. The maximum atomic E-state index is 11.2. The quantitative estimate of drug-likeness (QED) is 0.343. The number of carbonyl (C=O) groups is 1. The second-order valence-corrected chi connectivity index (χ2v) is 4.24. The van der Waals surface area contributed by atoms with Gasteiger partial charge in [0.15, 0.2) is 0 Å². The Balaban J connectivity index is 3.28. The van der Waals surface area contributed by atoms with Crippen LogP contribution in [0.5, 0.6) is 0 Å². The molecule has 0 rings (SSSR count). The molecule has 0 aliphatic heterocycles. The largest absolute Gasteiger partial charge is 0.465 e. The fourth-order valence-electron chi connectivity index (χ4n) is 1.45. The minimum atomic E-state index is -0.0776. The summed E-state index contributed by atoms with van der Waals surface area (Å²) in [4.78, 5) is 11.2. The van der Waals surface area contributed by atoms with Gasteiger partial charge in [0, 0.05) is 19.3 Å². The second-order valence-electron chi connectivity index (χ2n) is 4.24. The average Bonchev–Trinajstić information content (AvgIpc) is 2.33. The van der Waals surface area contributed by atoms with Crippen LogP contribution in [0.25, 0.3) is 0 Å². The first-order valence-electron chi connectivity index (χ1n) is 6.92. The third kappa shape index (κ3) is 13.0. The number of carbonyl (C=O) groups excluding carboxylic acids is 1. The maximum absolute atomic E-state index is 11.2. The third-order valence-corrected chi connectivity index (χ3v) is 2.50. The zero-order valence-corrected chi connectivity index (χ0v) is 11.4. The molecular weight excluding hydrogens is 212 g/mol. The number of hydrogen-bond donors (Lipinski definition) is 0. The minimum Gasteiger partial charge on any atom is -0.465 e.